The highest BCUT2D eigenvalue weighted by atomic mass is 32.2. The van der Waals surface area contributed by atoms with Crippen molar-refractivity contribution in [2.24, 2.45) is 11.8 Å². The van der Waals surface area contributed by atoms with E-state index in [1.807, 2.05) is 0 Å². The van der Waals surface area contributed by atoms with Crippen LogP contribution in [0.2, 0.25) is 0 Å². The highest BCUT2D eigenvalue weighted by Gasteiger charge is 2.28. The number of likely N-dealkylation sites (tertiary alicyclic amines) is 1. The summed E-state index contributed by atoms with van der Waals surface area (Å²) in [5.41, 5.74) is 0.825. The van der Waals surface area contributed by atoms with E-state index in [1.165, 1.54) is 26.2 Å². The zero-order valence-corrected chi connectivity index (χ0v) is 19.7. The Hall–Kier alpha value is -2.13. The molecule has 0 spiro atoms. The van der Waals surface area contributed by atoms with Gasteiger partial charge in [-0.15, -0.1) is 0 Å². The molecule has 2 aliphatic rings. The van der Waals surface area contributed by atoms with E-state index in [4.69, 9.17) is 4.74 Å². The van der Waals surface area contributed by atoms with Crippen LogP contribution >= 0.6 is 0 Å². The first-order chi connectivity index (χ1) is 14.6. The molecule has 2 fully saturated rings. The van der Waals surface area contributed by atoms with Gasteiger partial charge in [-0.25, -0.2) is 17.5 Å². The number of anilines is 1. The highest BCUT2D eigenvalue weighted by Crippen LogP contribution is 2.29. The molecular formula is C22H33N3O5S. The van der Waals surface area contributed by atoms with Crippen molar-refractivity contribution in [1.82, 2.24) is 9.21 Å². The topological polar surface area (TPSA) is 87.2 Å². The molecule has 1 amide bonds. The molecule has 2 heterocycles. The molecule has 2 saturated heterocycles. The minimum atomic E-state index is -3.70. The fraction of sp³-hybridized carbons (Fsp3) is 0.636. The third kappa shape index (κ3) is 5.38. The maximum Gasteiger partial charge on any atom is 0.340 e. The summed E-state index contributed by atoms with van der Waals surface area (Å²) in [6, 6.07) is 4.54. The Morgan fingerprint density at radius 2 is 1.71 bits per heavy atom. The number of nitrogens with zero attached hydrogens (tertiary/aromatic N) is 3. The van der Waals surface area contributed by atoms with Gasteiger partial charge in [-0.2, -0.15) is 0 Å². The Kier molecular flexibility index (Phi) is 7.26. The molecule has 172 valence electrons. The normalized spacial score (nSPS) is 22.1. The largest absolute Gasteiger partial charge is 0.452 e. The Morgan fingerprint density at radius 1 is 1.10 bits per heavy atom. The summed E-state index contributed by atoms with van der Waals surface area (Å²) < 4.78 is 31.6. The second-order valence-electron chi connectivity index (χ2n) is 8.98. The van der Waals surface area contributed by atoms with Crippen LogP contribution in [0.3, 0.4) is 0 Å². The van der Waals surface area contributed by atoms with E-state index >= 15 is 0 Å². The number of carbonyl (C=O) groups is 2. The summed E-state index contributed by atoms with van der Waals surface area (Å²) in [7, 11) is -0.811. The predicted molar refractivity (Wildman–Crippen MR) is 119 cm³/mol. The molecule has 0 aliphatic carbocycles. The van der Waals surface area contributed by atoms with Gasteiger partial charge in [0.25, 0.3) is 5.91 Å². The van der Waals surface area contributed by atoms with Crippen LogP contribution in [-0.4, -0.2) is 76.4 Å². The minimum absolute atomic E-state index is 0.0254. The standard InChI is InChI=1S/C22H33N3O5S/c1-16-11-17(2)14-25(13-16)21(26)15-30-22(27)19-12-18(31(28,29)23(3)4)7-8-20(19)24-9-5-6-10-24/h7-8,12,16-17H,5-6,9-11,13-15H2,1-4H3. The SMILES string of the molecule is CC1CC(C)CN(C(=O)COC(=O)c2cc(S(=O)(=O)N(C)C)ccc2N2CCCC2)C1. The molecule has 8 nitrogen and oxygen atoms in total. The third-order valence-corrected chi connectivity index (χ3v) is 7.77. The third-order valence-electron chi connectivity index (χ3n) is 5.96. The van der Waals surface area contributed by atoms with Crippen LogP contribution < -0.4 is 4.90 Å². The molecular weight excluding hydrogens is 418 g/mol. The summed E-state index contributed by atoms with van der Waals surface area (Å²) in [5.74, 6) is -0.0631. The molecule has 1 aromatic carbocycles. The van der Waals surface area contributed by atoms with Crippen molar-refractivity contribution in [3.63, 3.8) is 0 Å². The molecule has 31 heavy (non-hydrogen) atoms. The summed E-state index contributed by atoms with van der Waals surface area (Å²) >= 11 is 0. The van der Waals surface area contributed by atoms with E-state index in [0.717, 1.165) is 36.7 Å². The zero-order valence-electron chi connectivity index (χ0n) is 18.8. The van der Waals surface area contributed by atoms with Gasteiger partial charge in [0.1, 0.15) is 0 Å². The Bertz CT molecular complexity index is 915. The van der Waals surface area contributed by atoms with Crippen molar-refractivity contribution >= 4 is 27.6 Å². The summed E-state index contributed by atoms with van der Waals surface area (Å²) in [4.78, 5) is 29.4. The van der Waals surface area contributed by atoms with Crippen LogP contribution in [0.4, 0.5) is 5.69 Å². The average Bonchev–Trinajstić information content (AvgIpc) is 3.25. The Morgan fingerprint density at radius 3 is 2.29 bits per heavy atom. The van der Waals surface area contributed by atoms with Gasteiger partial charge in [0.05, 0.1) is 16.1 Å². The van der Waals surface area contributed by atoms with E-state index in [0.29, 0.717) is 30.6 Å². The van der Waals surface area contributed by atoms with E-state index in [-0.39, 0.29) is 23.0 Å². The fourth-order valence-corrected chi connectivity index (χ4v) is 5.38. The van der Waals surface area contributed by atoms with Crippen molar-refractivity contribution in [3.05, 3.63) is 23.8 Å². The van der Waals surface area contributed by atoms with Gasteiger partial charge in [0.15, 0.2) is 6.61 Å². The van der Waals surface area contributed by atoms with Crippen LogP contribution in [0, 0.1) is 11.8 Å². The second-order valence-corrected chi connectivity index (χ2v) is 11.1. The quantitative estimate of drug-likeness (QED) is 0.616. The number of amides is 1. The maximum atomic E-state index is 13.0. The number of sulfonamides is 1. The van der Waals surface area contributed by atoms with Crippen molar-refractivity contribution < 1.29 is 22.7 Å². The van der Waals surface area contributed by atoms with Crippen LogP contribution in [0.25, 0.3) is 0 Å². The number of hydrogen-bond acceptors (Lipinski definition) is 6. The van der Waals surface area contributed by atoms with E-state index in [2.05, 4.69) is 18.7 Å². The van der Waals surface area contributed by atoms with Crippen LogP contribution in [0.1, 0.15) is 43.5 Å². The number of rotatable bonds is 6. The molecule has 2 atom stereocenters. The maximum absolute atomic E-state index is 13.0. The van der Waals surface area contributed by atoms with E-state index in [9.17, 15) is 18.0 Å². The van der Waals surface area contributed by atoms with E-state index in [1.54, 1.807) is 11.0 Å². The van der Waals surface area contributed by atoms with Crippen LogP contribution in [0.5, 0.6) is 0 Å². The molecule has 2 aliphatic heterocycles. The van der Waals surface area contributed by atoms with Crippen molar-refractivity contribution in [1.29, 1.82) is 0 Å². The number of benzene rings is 1. The number of piperidine rings is 1. The molecule has 9 heteroatoms. The van der Waals surface area contributed by atoms with Gasteiger partial charge in [-0.05, 0) is 49.3 Å². The molecule has 0 N–H and O–H groups in total. The van der Waals surface area contributed by atoms with Crippen LogP contribution in [0.15, 0.2) is 23.1 Å². The first kappa shape index (κ1) is 23.5. The first-order valence-corrected chi connectivity index (χ1v) is 12.3. The van der Waals surface area contributed by atoms with Gasteiger partial charge < -0.3 is 14.5 Å². The summed E-state index contributed by atoms with van der Waals surface area (Å²) in [6.07, 6.45) is 3.10. The van der Waals surface area contributed by atoms with Gasteiger partial charge in [-0.1, -0.05) is 13.8 Å². The number of esters is 1. The minimum Gasteiger partial charge on any atom is -0.452 e. The second kappa shape index (κ2) is 9.56. The Labute approximate surface area is 185 Å². The summed E-state index contributed by atoms with van der Waals surface area (Å²) in [6.45, 7) is 6.79. The lowest BCUT2D eigenvalue weighted by Crippen LogP contribution is -2.44. The first-order valence-electron chi connectivity index (χ1n) is 10.9. The zero-order chi connectivity index (χ0) is 22.8. The number of hydrogen-bond donors (Lipinski definition) is 0. The molecule has 0 saturated carbocycles. The fourth-order valence-electron chi connectivity index (χ4n) is 4.45. The van der Waals surface area contributed by atoms with Crippen molar-refractivity contribution in [2.75, 3.05) is 51.8 Å². The monoisotopic (exact) mass is 451 g/mol. The summed E-state index contributed by atoms with van der Waals surface area (Å²) in [5, 5.41) is 0. The van der Waals surface area contributed by atoms with Gasteiger partial charge in [-0.3, -0.25) is 4.79 Å². The number of ether oxygens (including phenoxy) is 1. The average molecular weight is 452 g/mol. The lowest BCUT2D eigenvalue weighted by Gasteiger charge is -2.34. The Balaban J connectivity index is 1.80. The number of carbonyl (C=O) groups excluding carboxylic acids is 2. The molecule has 0 bridgehead atoms. The molecule has 1 aromatic rings. The predicted octanol–water partition coefficient (Wildman–Crippen LogP) is 2.20. The molecule has 3 rings (SSSR count). The molecule has 2 unspecified atom stereocenters. The van der Waals surface area contributed by atoms with E-state index < -0.39 is 16.0 Å². The lowest BCUT2D eigenvalue weighted by atomic mass is 9.92. The lowest BCUT2D eigenvalue weighted by molar-refractivity contribution is -0.137. The molecule has 0 aromatic heterocycles. The van der Waals surface area contributed by atoms with Gasteiger partial charge in [0.2, 0.25) is 10.0 Å². The molecule has 0 radical (unpaired) electrons. The van der Waals surface area contributed by atoms with Crippen molar-refractivity contribution in [3.8, 4) is 0 Å². The van der Waals surface area contributed by atoms with Crippen molar-refractivity contribution in [2.45, 2.75) is 38.0 Å². The smallest absolute Gasteiger partial charge is 0.340 e. The van der Waals surface area contributed by atoms with Gasteiger partial charge >= 0.3 is 5.97 Å². The highest BCUT2D eigenvalue weighted by molar-refractivity contribution is 7.89. The van der Waals surface area contributed by atoms with Crippen LogP contribution in [-0.2, 0) is 19.6 Å². The van der Waals surface area contributed by atoms with Gasteiger partial charge in [0, 0.05) is 40.3 Å².